The standard InChI is InChI=1S/C19H23N3O2/c1-3-20-17(23)11-21-19(24)18-13-6-4-5-7-15(13)22-16-9-8-12(2)10-14(16)18/h8-10H,3-7,11H2,1-2H3,(H,20,23)(H,21,24). The Morgan fingerprint density at radius 2 is 1.96 bits per heavy atom. The highest BCUT2D eigenvalue weighted by Gasteiger charge is 2.22. The zero-order valence-corrected chi connectivity index (χ0v) is 14.2. The molecule has 1 aromatic carbocycles. The van der Waals surface area contributed by atoms with Crippen molar-refractivity contribution in [2.75, 3.05) is 13.1 Å². The molecule has 2 amide bonds. The van der Waals surface area contributed by atoms with Crippen LogP contribution in [0.3, 0.4) is 0 Å². The van der Waals surface area contributed by atoms with Crippen LogP contribution in [0.4, 0.5) is 0 Å². The summed E-state index contributed by atoms with van der Waals surface area (Å²) >= 11 is 0. The molecule has 1 aliphatic carbocycles. The van der Waals surface area contributed by atoms with Gasteiger partial charge in [-0.1, -0.05) is 11.6 Å². The number of amides is 2. The molecule has 0 spiro atoms. The van der Waals surface area contributed by atoms with E-state index in [0.717, 1.165) is 53.4 Å². The number of benzene rings is 1. The SMILES string of the molecule is CCNC(=O)CNC(=O)c1c2c(nc3ccc(C)cc13)CCCC2. The van der Waals surface area contributed by atoms with E-state index in [4.69, 9.17) is 4.98 Å². The number of carbonyl (C=O) groups excluding carboxylic acids is 2. The Morgan fingerprint density at radius 3 is 2.75 bits per heavy atom. The second-order valence-electron chi connectivity index (χ2n) is 6.28. The van der Waals surface area contributed by atoms with Crippen LogP contribution in [0.1, 0.15) is 46.9 Å². The lowest BCUT2D eigenvalue weighted by atomic mass is 9.89. The first-order valence-corrected chi connectivity index (χ1v) is 8.57. The molecule has 0 saturated heterocycles. The van der Waals surface area contributed by atoms with Crippen LogP contribution in [0.15, 0.2) is 18.2 Å². The summed E-state index contributed by atoms with van der Waals surface area (Å²) in [6.07, 6.45) is 3.96. The highest BCUT2D eigenvalue weighted by atomic mass is 16.2. The van der Waals surface area contributed by atoms with Gasteiger partial charge in [0, 0.05) is 17.6 Å². The minimum Gasteiger partial charge on any atom is -0.355 e. The van der Waals surface area contributed by atoms with Gasteiger partial charge < -0.3 is 10.6 Å². The normalized spacial score (nSPS) is 13.4. The maximum absolute atomic E-state index is 12.8. The minimum absolute atomic E-state index is 0.00290. The molecule has 3 rings (SSSR count). The van der Waals surface area contributed by atoms with Crippen molar-refractivity contribution in [2.45, 2.75) is 39.5 Å². The van der Waals surface area contributed by atoms with Gasteiger partial charge in [-0.2, -0.15) is 0 Å². The lowest BCUT2D eigenvalue weighted by Crippen LogP contribution is -2.37. The van der Waals surface area contributed by atoms with Crippen molar-refractivity contribution in [3.8, 4) is 0 Å². The first-order chi connectivity index (χ1) is 11.6. The van der Waals surface area contributed by atoms with E-state index in [-0.39, 0.29) is 18.4 Å². The zero-order valence-electron chi connectivity index (χ0n) is 14.2. The van der Waals surface area contributed by atoms with Gasteiger partial charge in [0.15, 0.2) is 0 Å². The number of likely N-dealkylation sites (N-methyl/N-ethyl adjacent to an activating group) is 1. The van der Waals surface area contributed by atoms with Crippen molar-refractivity contribution in [1.29, 1.82) is 0 Å². The van der Waals surface area contributed by atoms with E-state index < -0.39 is 0 Å². The molecular formula is C19H23N3O2. The number of pyridine rings is 1. The summed E-state index contributed by atoms with van der Waals surface area (Å²) in [6.45, 7) is 4.42. The fourth-order valence-corrected chi connectivity index (χ4v) is 3.31. The van der Waals surface area contributed by atoms with E-state index in [1.807, 2.05) is 32.0 Å². The molecule has 0 unspecified atom stereocenters. The molecule has 1 aliphatic rings. The van der Waals surface area contributed by atoms with Crippen LogP contribution in [0.5, 0.6) is 0 Å². The molecule has 2 N–H and O–H groups in total. The molecule has 0 atom stereocenters. The van der Waals surface area contributed by atoms with Crippen molar-refractivity contribution in [3.05, 3.63) is 40.6 Å². The lowest BCUT2D eigenvalue weighted by Gasteiger charge is -2.20. The summed E-state index contributed by atoms with van der Waals surface area (Å²) in [7, 11) is 0. The molecule has 0 aliphatic heterocycles. The summed E-state index contributed by atoms with van der Waals surface area (Å²) < 4.78 is 0. The van der Waals surface area contributed by atoms with Crippen molar-refractivity contribution < 1.29 is 9.59 Å². The first-order valence-electron chi connectivity index (χ1n) is 8.57. The molecule has 24 heavy (non-hydrogen) atoms. The summed E-state index contributed by atoms with van der Waals surface area (Å²) in [5.74, 6) is -0.355. The number of hydrogen-bond donors (Lipinski definition) is 2. The Balaban J connectivity index is 2.02. The van der Waals surface area contributed by atoms with E-state index in [9.17, 15) is 9.59 Å². The van der Waals surface area contributed by atoms with Gasteiger partial charge >= 0.3 is 0 Å². The van der Waals surface area contributed by atoms with E-state index in [2.05, 4.69) is 10.6 Å². The molecule has 0 radical (unpaired) electrons. The fraction of sp³-hybridized carbons (Fsp3) is 0.421. The predicted molar refractivity (Wildman–Crippen MR) is 94.1 cm³/mol. The number of nitrogens with one attached hydrogen (secondary N) is 2. The monoisotopic (exact) mass is 325 g/mol. The van der Waals surface area contributed by atoms with Crippen LogP contribution < -0.4 is 10.6 Å². The number of nitrogens with zero attached hydrogens (tertiary/aromatic N) is 1. The Labute approximate surface area is 141 Å². The third-order valence-electron chi connectivity index (χ3n) is 4.43. The Hall–Kier alpha value is -2.43. The average Bonchev–Trinajstić information content (AvgIpc) is 2.58. The Kier molecular flexibility index (Phi) is 4.79. The summed E-state index contributed by atoms with van der Waals surface area (Å²) in [6, 6.07) is 6.00. The molecule has 1 aromatic heterocycles. The number of carbonyl (C=O) groups is 2. The molecule has 0 fully saturated rings. The van der Waals surface area contributed by atoms with E-state index in [1.54, 1.807) is 0 Å². The van der Waals surface area contributed by atoms with E-state index in [1.165, 1.54) is 0 Å². The van der Waals surface area contributed by atoms with Gasteiger partial charge in [-0.25, -0.2) is 0 Å². The predicted octanol–water partition coefficient (Wildman–Crippen LogP) is 2.29. The smallest absolute Gasteiger partial charge is 0.252 e. The van der Waals surface area contributed by atoms with Crippen LogP contribution >= 0.6 is 0 Å². The highest BCUT2D eigenvalue weighted by Crippen LogP contribution is 2.29. The van der Waals surface area contributed by atoms with E-state index >= 15 is 0 Å². The maximum atomic E-state index is 12.8. The van der Waals surface area contributed by atoms with Gasteiger partial charge in [-0.05, 0) is 57.2 Å². The van der Waals surface area contributed by atoms with Crippen molar-refractivity contribution in [3.63, 3.8) is 0 Å². The minimum atomic E-state index is -0.183. The van der Waals surface area contributed by atoms with Crippen LogP contribution in [-0.4, -0.2) is 29.9 Å². The topological polar surface area (TPSA) is 71.1 Å². The maximum Gasteiger partial charge on any atom is 0.252 e. The summed E-state index contributed by atoms with van der Waals surface area (Å²) in [5, 5.41) is 6.34. The van der Waals surface area contributed by atoms with Gasteiger partial charge in [0.25, 0.3) is 5.91 Å². The first kappa shape index (κ1) is 16.4. The summed E-state index contributed by atoms with van der Waals surface area (Å²) in [4.78, 5) is 29.2. The summed E-state index contributed by atoms with van der Waals surface area (Å²) in [5.41, 5.74) is 4.72. The fourth-order valence-electron chi connectivity index (χ4n) is 3.31. The second-order valence-corrected chi connectivity index (χ2v) is 6.28. The average molecular weight is 325 g/mol. The molecular weight excluding hydrogens is 302 g/mol. The molecule has 0 saturated carbocycles. The van der Waals surface area contributed by atoms with Gasteiger partial charge in [0.05, 0.1) is 17.6 Å². The Morgan fingerprint density at radius 1 is 1.17 bits per heavy atom. The van der Waals surface area contributed by atoms with Crippen LogP contribution in [0, 0.1) is 6.92 Å². The van der Waals surface area contributed by atoms with Crippen LogP contribution in [0.25, 0.3) is 10.9 Å². The molecule has 0 bridgehead atoms. The number of aromatic nitrogens is 1. The van der Waals surface area contributed by atoms with E-state index in [0.29, 0.717) is 12.1 Å². The third-order valence-corrected chi connectivity index (χ3v) is 4.43. The quantitative estimate of drug-likeness (QED) is 0.906. The Bertz CT molecular complexity index is 799. The zero-order chi connectivity index (χ0) is 17.1. The second kappa shape index (κ2) is 6.99. The number of aryl methyl sites for hydroxylation is 2. The van der Waals surface area contributed by atoms with Crippen LogP contribution in [-0.2, 0) is 17.6 Å². The van der Waals surface area contributed by atoms with Gasteiger partial charge in [-0.15, -0.1) is 0 Å². The highest BCUT2D eigenvalue weighted by molar-refractivity contribution is 6.08. The number of rotatable bonds is 4. The molecule has 5 heteroatoms. The number of hydrogen-bond acceptors (Lipinski definition) is 3. The van der Waals surface area contributed by atoms with Crippen molar-refractivity contribution in [2.24, 2.45) is 0 Å². The molecule has 126 valence electrons. The van der Waals surface area contributed by atoms with Crippen molar-refractivity contribution in [1.82, 2.24) is 15.6 Å². The molecule has 2 aromatic rings. The van der Waals surface area contributed by atoms with Gasteiger partial charge in [0.1, 0.15) is 0 Å². The van der Waals surface area contributed by atoms with Crippen molar-refractivity contribution >= 4 is 22.7 Å². The lowest BCUT2D eigenvalue weighted by molar-refractivity contribution is -0.120. The van der Waals surface area contributed by atoms with Gasteiger partial charge in [0.2, 0.25) is 5.91 Å². The third kappa shape index (κ3) is 3.25. The molecule has 1 heterocycles. The molecule has 5 nitrogen and oxygen atoms in total. The van der Waals surface area contributed by atoms with Gasteiger partial charge in [-0.3, -0.25) is 14.6 Å². The van der Waals surface area contributed by atoms with Crippen LogP contribution in [0.2, 0.25) is 0 Å². The number of fused-ring (bicyclic) bond motifs is 2. The largest absolute Gasteiger partial charge is 0.355 e.